The van der Waals surface area contributed by atoms with Gasteiger partial charge in [-0.15, -0.1) is 0 Å². The van der Waals surface area contributed by atoms with Gasteiger partial charge in [-0.2, -0.15) is 0 Å². The largest absolute Gasteiger partial charge is 0.321 e. The van der Waals surface area contributed by atoms with Gasteiger partial charge in [-0.05, 0) is 42.0 Å². The molecule has 0 amide bonds. The molecule has 0 heterocycles. The van der Waals surface area contributed by atoms with Crippen LogP contribution >= 0.6 is 15.9 Å². The molecule has 1 aliphatic rings. The Labute approximate surface area is 107 Å². The molecule has 0 radical (unpaired) electrons. The molecule has 1 aromatic rings. The van der Waals surface area contributed by atoms with Crippen molar-refractivity contribution in [1.82, 2.24) is 0 Å². The molecule has 0 spiro atoms. The Balaban J connectivity index is 2.40. The summed E-state index contributed by atoms with van der Waals surface area (Å²) in [6.45, 7) is 4.45. The van der Waals surface area contributed by atoms with Crippen molar-refractivity contribution in [2.24, 2.45) is 5.73 Å². The van der Waals surface area contributed by atoms with Crippen LogP contribution in [0.2, 0.25) is 0 Å². The molecule has 1 fully saturated rings. The van der Waals surface area contributed by atoms with Crippen molar-refractivity contribution in [1.29, 1.82) is 0 Å². The Kier molecular flexibility index (Phi) is 3.41. The summed E-state index contributed by atoms with van der Waals surface area (Å²) in [5.74, 6) is 0.557. The Hall–Kier alpha value is -0.340. The van der Waals surface area contributed by atoms with E-state index in [1.165, 1.54) is 24.0 Å². The average Bonchev–Trinajstić information content (AvgIpc) is 2.65. The van der Waals surface area contributed by atoms with E-state index in [2.05, 4.69) is 48.0 Å². The van der Waals surface area contributed by atoms with Gasteiger partial charge in [-0.3, -0.25) is 0 Å². The Morgan fingerprint density at radius 1 is 1.19 bits per heavy atom. The lowest BCUT2D eigenvalue weighted by Gasteiger charge is -2.25. The summed E-state index contributed by atoms with van der Waals surface area (Å²) in [6.07, 6.45) is 4.78. The maximum atomic E-state index is 6.50. The third kappa shape index (κ3) is 2.33. The van der Waals surface area contributed by atoms with Crippen molar-refractivity contribution < 1.29 is 0 Å². The minimum absolute atomic E-state index is 0.0760. The van der Waals surface area contributed by atoms with E-state index in [1.54, 1.807) is 0 Å². The summed E-state index contributed by atoms with van der Waals surface area (Å²) in [4.78, 5) is 0. The first kappa shape index (κ1) is 12.1. The normalized spacial score (nSPS) is 19.3. The van der Waals surface area contributed by atoms with Crippen LogP contribution in [0.25, 0.3) is 0 Å². The molecule has 0 unspecified atom stereocenters. The third-order valence-corrected chi connectivity index (χ3v) is 4.12. The maximum absolute atomic E-state index is 6.50. The van der Waals surface area contributed by atoms with Crippen LogP contribution < -0.4 is 5.73 Å². The number of halogens is 1. The molecule has 0 aromatic heterocycles. The smallest absolute Gasteiger partial charge is 0.0410 e. The van der Waals surface area contributed by atoms with Gasteiger partial charge in [0.2, 0.25) is 0 Å². The first-order valence-electron chi connectivity index (χ1n) is 6.11. The van der Waals surface area contributed by atoms with Crippen LogP contribution in [0.15, 0.2) is 22.7 Å². The molecular formula is C14H20BrN. The monoisotopic (exact) mass is 281 g/mol. The molecule has 1 aliphatic carbocycles. The summed E-state index contributed by atoms with van der Waals surface area (Å²) < 4.78 is 1.16. The van der Waals surface area contributed by atoms with Gasteiger partial charge in [0.1, 0.15) is 0 Å². The number of benzene rings is 1. The lowest BCUT2D eigenvalue weighted by molar-refractivity contribution is 0.461. The number of hydrogen-bond donors (Lipinski definition) is 1. The van der Waals surface area contributed by atoms with Gasteiger partial charge in [0, 0.05) is 10.0 Å². The van der Waals surface area contributed by atoms with Crippen molar-refractivity contribution in [2.45, 2.75) is 51.0 Å². The van der Waals surface area contributed by atoms with Crippen LogP contribution in [-0.2, 0) is 5.54 Å². The van der Waals surface area contributed by atoms with Crippen molar-refractivity contribution in [3.8, 4) is 0 Å². The first-order chi connectivity index (χ1) is 7.51. The Morgan fingerprint density at radius 3 is 2.38 bits per heavy atom. The third-order valence-electron chi connectivity index (χ3n) is 3.66. The predicted octanol–water partition coefficient (Wildman–Crippen LogP) is 4.30. The van der Waals surface area contributed by atoms with Crippen LogP contribution in [0, 0.1) is 0 Å². The highest BCUT2D eigenvalue weighted by Crippen LogP contribution is 2.38. The van der Waals surface area contributed by atoms with Crippen LogP contribution in [0.4, 0.5) is 0 Å². The highest BCUT2D eigenvalue weighted by atomic mass is 79.9. The van der Waals surface area contributed by atoms with Gasteiger partial charge in [0.05, 0.1) is 0 Å². The van der Waals surface area contributed by atoms with E-state index in [4.69, 9.17) is 5.73 Å². The van der Waals surface area contributed by atoms with E-state index >= 15 is 0 Å². The fourth-order valence-corrected chi connectivity index (χ4v) is 3.04. The number of rotatable bonds is 2. The SMILES string of the molecule is CC(C)c1cc(Br)cc(C2(N)CCCC2)c1. The van der Waals surface area contributed by atoms with Gasteiger partial charge in [0.15, 0.2) is 0 Å². The average molecular weight is 282 g/mol. The van der Waals surface area contributed by atoms with Gasteiger partial charge in [0.25, 0.3) is 0 Å². The molecule has 2 rings (SSSR count). The summed E-state index contributed by atoms with van der Waals surface area (Å²) in [7, 11) is 0. The molecule has 0 saturated heterocycles. The van der Waals surface area contributed by atoms with Crippen molar-refractivity contribution in [3.63, 3.8) is 0 Å². The molecule has 2 heteroatoms. The maximum Gasteiger partial charge on any atom is 0.0410 e. The van der Waals surface area contributed by atoms with Gasteiger partial charge in [-0.25, -0.2) is 0 Å². The zero-order valence-electron chi connectivity index (χ0n) is 10.1. The first-order valence-corrected chi connectivity index (χ1v) is 6.90. The second-order valence-corrected chi connectivity index (χ2v) is 6.21. The van der Waals surface area contributed by atoms with Crippen LogP contribution in [0.5, 0.6) is 0 Å². The molecule has 0 atom stereocenters. The van der Waals surface area contributed by atoms with E-state index in [9.17, 15) is 0 Å². The van der Waals surface area contributed by atoms with Gasteiger partial charge in [-0.1, -0.05) is 48.7 Å². The molecular weight excluding hydrogens is 262 g/mol. The second kappa shape index (κ2) is 4.50. The topological polar surface area (TPSA) is 26.0 Å². The Morgan fingerprint density at radius 2 is 1.81 bits per heavy atom. The molecule has 1 aromatic carbocycles. The molecule has 1 nitrogen and oxygen atoms in total. The highest BCUT2D eigenvalue weighted by Gasteiger charge is 2.31. The van der Waals surface area contributed by atoms with Crippen LogP contribution in [0.1, 0.15) is 56.6 Å². The molecule has 88 valence electrons. The fraction of sp³-hybridized carbons (Fsp3) is 0.571. The minimum Gasteiger partial charge on any atom is -0.321 e. The minimum atomic E-state index is -0.0760. The van der Waals surface area contributed by atoms with E-state index in [1.807, 2.05) is 0 Å². The number of hydrogen-bond acceptors (Lipinski definition) is 1. The van der Waals surface area contributed by atoms with E-state index in [-0.39, 0.29) is 5.54 Å². The second-order valence-electron chi connectivity index (χ2n) is 5.29. The van der Waals surface area contributed by atoms with E-state index in [0.717, 1.165) is 17.3 Å². The zero-order chi connectivity index (χ0) is 11.8. The summed E-state index contributed by atoms with van der Waals surface area (Å²) in [6, 6.07) is 6.68. The predicted molar refractivity (Wildman–Crippen MR) is 72.6 cm³/mol. The van der Waals surface area contributed by atoms with E-state index in [0.29, 0.717) is 5.92 Å². The lowest BCUT2D eigenvalue weighted by Crippen LogP contribution is -2.33. The van der Waals surface area contributed by atoms with Crippen molar-refractivity contribution in [2.75, 3.05) is 0 Å². The summed E-state index contributed by atoms with van der Waals surface area (Å²) in [5, 5.41) is 0. The van der Waals surface area contributed by atoms with Crippen molar-refractivity contribution >= 4 is 15.9 Å². The molecule has 0 bridgehead atoms. The number of nitrogens with two attached hydrogens (primary N) is 1. The molecule has 1 saturated carbocycles. The van der Waals surface area contributed by atoms with E-state index < -0.39 is 0 Å². The Bertz CT molecular complexity index is 378. The fourth-order valence-electron chi connectivity index (χ4n) is 2.53. The summed E-state index contributed by atoms with van der Waals surface area (Å²) >= 11 is 3.60. The quantitative estimate of drug-likeness (QED) is 0.859. The summed E-state index contributed by atoms with van der Waals surface area (Å²) in [5.41, 5.74) is 9.11. The zero-order valence-corrected chi connectivity index (χ0v) is 11.7. The molecule has 2 N–H and O–H groups in total. The van der Waals surface area contributed by atoms with Crippen molar-refractivity contribution in [3.05, 3.63) is 33.8 Å². The van der Waals surface area contributed by atoms with Gasteiger partial charge < -0.3 is 5.73 Å². The standard InChI is InChI=1S/C14H20BrN/c1-10(2)11-7-12(9-13(15)8-11)14(16)5-3-4-6-14/h7-10H,3-6,16H2,1-2H3. The highest BCUT2D eigenvalue weighted by molar-refractivity contribution is 9.10. The molecule has 16 heavy (non-hydrogen) atoms. The molecule has 0 aliphatic heterocycles. The lowest BCUT2D eigenvalue weighted by atomic mass is 9.87. The van der Waals surface area contributed by atoms with Gasteiger partial charge >= 0.3 is 0 Å². The van der Waals surface area contributed by atoms with Crippen LogP contribution in [0.3, 0.4) is 0 Å². The van der Waals surface area contributed by atoms with Crippen LogP contribution in [-0.4, -0.2) is 0 Å².